The summed E-state index contributed by atoms with van der Waals surface area (Å²) in [6, 6.07) is 13.4. The maximum absolute atomic E-state index is 13.3. The first kappa shape index (κ1) is 25.2. The van der Waals surface area contributed by atoms with Gasteiger partial charge >= 0.3 is 6.18 Å². The topological polar surface area (TPSA) is 66.5 Å². The SMILES string of the molecule is O=C(CN(c1cc(C(F)(F)F)ccc1Cl)S(=O)(=O)c1ccccc1)Nc1ccc(Cl)c(Cl)c1. The highest BCUT2D eigenvalue weighted by Crippen LogP contribution is 2.37. The van der Waals surface area contributed by atoms with Gasteiger partial charge in [0.25, 0.3) is 10.0 Å². The minimum Gasteiger partial charge on any atom is -0.324 e. The van der Waals surface area contributed by atoms with Crippen molar-refractivity contribution in [2.24, 2.45) is 0 Å². The summed E-state index contributed by atoms with van der Waals surface area (Å²) < 4.78 is 67.0. The Kier molecular flexibility index (Phi) is 7.48. The Morgan fingerprint density at radius 2 is 1.52 bits per heavy atom. The van der Waals surface area contributed by atoms with E-state index in [1.54, 1.807) is 6.07 Å². The van der Waals surface area contributed by atoms with Crippen molar-refractivity contribution >= 4 is 62.1 Å². The number of hydrogen-bond donors (Lipinski definition) is 1. The fraction of sp³-hybridized carbons (Fsp3) is 0.0952. The molecule has 1 N–H and O–H groups in total. The Bertz CT molecular complexity index is 1290. The molecule has 5 nitrogen and oxygen atoms in total. The number of anilines is 2. The van der Waals surface area contributed by atoms with Crippen LogP contribution in [0, 0.1) is 0 Å². The average Bonchev–Trinajstić information content (AvgIpc) is 2.75. The molecule has 0 spiro atoms. The van der Waals surface area contributed by atoms with Gasteiger partial charge in [0.2, 0.25) is 5.91 Å². The van der Waals surface area contributed by atoms with Crippen molar-refractivity contribution in [2.45, 2.75) is 11.1 Å². The Labute approximate surface area is 202 Å². The molecule has 0 bridgehead atoms. The van der Waals surface area contributed by atoms with Gasteiger partial charge in [-0.3, -0.25) is 9.10 Å². The summed E-state index contributed by atoms with van der Waals surface area (Å²) in [4.78, 5) is 12.5. The quantitative estimate of drug-likeness (QED) is 0.390. The van der Waals surface area contributed by atoms with E-state index < -0.39 is 39.9 Å². The van der Waals surface area contributed by atoms with Crippen LogP contribution in [-0.2, 0) is 21.0 Å². The molecular formula is C21H14Cl3F3N2O3S. The van der Waals surface area contributed by atoms with E-state index in [4.69, 9.17) is 34.8 Å². The van der Waals surface area contributed by atoms with Crippen LogP contribution < -0.4 is 9.62 Å². The molecule has 33 heavy (non-hydrogen) atoms. The van der Waals surface area contributed by atoms with Crippen LogP contribution in [0.4, 0.5) is 24.5 Å². The van der Waals surface area contributed by atoms with Crippen LogP contribution in [0.15, 0.2) is 71.6 Å². The highest BCUT2D eigenvalue weighted by molar-refractivity contribution is 7.92. The Hall–Kier alpha value is -2.46. The standard InChI is InChI=1S/C21H14Cl3F3N2O3S/c22-16-9-7-14(11-18(16)24)28-20(30)12-29(33(31,32)15-4-2-1-3-5-15)19-10-13(21(25,26)27)6-8-17(19)23/h1-11H,12H2,(H,28,30). The van der Waals surface area contributed by atoms with E-state index >= 15 is 0 Å². The molecule has 0 radical (unpaired) electrons. The largest absolute Gasteiger partial charge is 0.416 e. The molecule has 0 atom stereocenters. The van der Waals surface area contributed by atoms with Gasteiger partial charge in [0.05, 0.1) is 31.2 Å². The van der Waals surface area contributed by atoms with E-state index in [1.165, 1.54) is 42.5 Å². The molecule has 0 unspecified atom stereocenters. The van der Waals surface area contributed by atoms with Crippen molar-refractivity contribution < 1.29 is 26.4 Å². The van der Waals surface area contributed by atoms with Crippen molar-refractivity contribution in [1.82, 2.24) is 0 Å². The molecule has 3 aromatic rings. The van der Waals surface area contributed by atoms with Crippen molar-refractivity contribution in [1.29, 1.82) is 0 Å². The number of sulfonamides is 1. The maximum Gasteiger partial charge on any atom is 0.416 e. The van der Waals surface area contributed by atoms with Crippen molar-refractivity contribution in [2.75, 3.05) is 16.2 Å². The number of carbonyl (C=O) groups excluding carboxylic acids is 1. The van der Waals surface area contributed by atoms with Gasteiger partial charge in [0, 0.05) is 5.69 Å². The summed E-state index contributed by atoms with van der Waals surface area (Å²) in [6.45, 7) is -0.863. The normalized spacial score (nSPS) is 11.8. The number of amides is 1. The number of halogens is 6. The van der Waals surface area contributed by atoms with Crippen LogP contribution in [0.3, 0.4) is 0 Å². The minimum absolute atomic E-state index is 0.143. The first-order chi connectivity index (χ1) is 15.4. The second-order valence-electron chi connectivity index (χ2n) is 6.67. The summed E-state index contributed by atoms with van der Waals surface area (Å²) in [5.74, 6) is -0.846. The number of rotatable bonds is 6. The lowest BCUT2D eigenvalue weighted by Crippen LogP contribution is -2.38. The van der Waals surface area contributed by atoms with E-state index in [0.29, 0.717) is 10.4 Å². The van der Waals surface area contributed by atoms with Crippen LogP contribution in [0.25, 0.3) is 0 Å². The number of carbonyl (C=O) groups is 1. The van der Waals surface area contributed by atoms with Crippen LogP contribution >= 0.6 is 34.8 Å². The summed E-state index contributed by atoms with van der Waals surface area (Å²) in [7, 11) is -4.47. The lowest BCUT2D eigenvalue weighted by Gasteiger charge is -2.26. The van der Waals surface area contributed by atoms with Crippen LogP contribution in [0.2, 0.25) is 15.1 Å². The van der Waals surface area contributed by atoms with E-state index in [9.17, 15) is 26.4 Å². The molecule has 0 saturated heterocycles. The van der Waals surface area contributed by atoms with Gasteiger partial charge < -0.3 is 5.32 Å². The Morgan fingerprint density at radius 3 is 2.12 bits per heavy atom. The Morgan fingerprint density at radius 1 is 0.879 bits per heavy atom. The van der Waals surface area contributed by atoms with E-state index in [0.717, 1.165) is 12.1 Å². The summed E-state index contributed by atoms with van der Waals surface area (Å²) in [6.07, 6.45) is -4.76. The summed E-state index contributed by atoms with van der Waals surface area (Å²) in [5, 5.41) is 2.54. The van der Waals surface area contributed by atoms with Gasteiger partial charge in [-0.15, -0.1) is 0 Å². The molecule has 3 rings (SSSR count). The number of nitrogens with zero attached hydrogens (tertiary/aromatic N) is 1. The minimum atomic E-state index is -4.76. The van der Waals surface area contributed by atoms with Crippen molar-refractivity contribution in [3.05, 3.63) is 87.4 Å². The van der Waals surface area contributed by atoms with Crippen LogP contribution in [-0.4, -0.2) is 20.9 Å². The smallest absolute Gasteiger partial charge is 0.324 e. The average molecular weight is 538 g/mol. The lowest BCUT2D eigenvalue weighted by molar-refractivity contribution is -0.137. The molecular weight excluding hydrogens is 524 g/mol. The lowest BCUT2D eigenvalue weighted by atomic mass is 10.2. The third kappa shape index (κ3) is 5.92. The van der Waals surface area contributed by atoms with Gasteiger partial charge in [0.1, 0.15) is 6.54 Å². The molecule has 0 fully saturated rings. The molecule has 12 heteroatoms. The molecule has 1 amide bonds. The van der Waals surface area contributed by atoms with Gasteiger partial charge in [0.15, 0.2) is 0 Å². The highest BCUT2D eigenvalue weighted by Gasteiger charge is 2.34. The fourth-order valence-electron chi connectivity index (χ4n) is 2.80. The molecule has 3 aromatic carbocycles. The zero-order valence-electron chi connectivity index (χ0n) is 16.4. The monoisotopic (exact) mass is 536 g/mol. The number of hydrogen-bond acceptors (Lipinski definition) is 3. The Balaban J connectivity index is 2.05. The third-order valence-electron chi connectivity index (χ3n) is 4.36. The van der Waals surface area contributed by atoms with Crippen molar-refractivity contribution in [3.63, 3.8) is 0 Å². The van der Waals surface area contributed by atoms with Gasteiger partial charge in [-0.1, -0.05) is 53.0 Å². The van der Waals surface area contributed by atoms with Gasteiger partial charge in [-0.2, -0.15) is 13.2 Å². The summed E-state index contributed by atoms with van der Waals surface area (Å²) >= 11 is 17.8. The molecule has 0 aliphatic carbocycles. The third-order valence-corrected chi connectivity index (χ3v) is 7.20. The summed E-state index contributed by atoms with van der Waals surface area (Å²) in [5.41, 5.74) is -1.42. The van der Waals surface area contributed by atoms with E-state index in [2.05, 4.69) is 5.32 Å². The maximum atomic E-state index is 13.3. The highest BCUT2D eigenvalue weighted by atomic mass is 35.5. The van der Waals surface area contributed by atoms with Gasteiger partial charge in [-0.05, 0) is 48.5 Å². The van der Waals surface area contributed by atoms with Crippen LogP contribution in [0.5, 0.6) is 0 Å². The number of benzene rings is 3. The first-order valence-electron chi connectivity index (χ1n) is 9.09. The molecule has 0 aromatic heterocycles. The number of alkyl halides is 3. The van der Waals surface area contributed by atoms with E-state index in [1.807, 2.05) is 0 Å². The molecule has 0 saturated carbocycles. The molecule has 174 valence electrons. The molecule has 0 heterocycles. The van der Waals surface area contributed by atoms with Gasteiger partial charge in [-0.25, -0.2) is 8.42 Å². The molecule has 0 aliphatic heterocycles. The van der Waals surface area contributed by atoms with E-state index in [-0.39, 0.29) is 25.7 Å². The number of nitrogens with one attached hydrogen (secondary N) is 1. The molecule has 0 aliphatic rings. The first-order valence-corrected chi connectivity index (χ1v) is 11.7. The van der Waals surface area contributed by atoms with Crippen LogP contribution in [0.1, 0.15) is 5.56 Å². The predicted molar refractivity (Wildman–Crippen MR) is 123 cm³/mol. The predicted octanol–water partition coefficient (Wildman–Crippen LogP) is 6.50. The second-order valence-corrected chi connectivity index (χ2v) is 9.75. The zero-order valence-corrected chi connectivity index (χ0v) is 19.5. The zero-order chi connectivity index (χ0) is 24.4. The van der Waals surface area contributed by atoms with Crippen molar-refractivity contribution in [3.8, 4) is 0 Å². The second kappa shape index (κ2) is 9.80. The fourth-order valence-corrected chi connectivity index (χ4v) is 4.82.